The first kappa shape index (κ1) is 20.9. The molecule has 0 fully saturated rings. The number of nitrogens with zero attached hydrogens (tertiary/aromatic N) is 2. The van der Waals surface area contributed by atoms with Crippen LogP contribution in [0.4, 0.5) is 24.7 Å². The number of aromatic nitrogens is 2. The summed E-state index contributed by atoms with van der Waals surface area (Å²) in [6.45, 7) is -1.01. The van der Waals surface area contributed by atoms with Crippen molar-refractivity contribution in [1.82, 2.24) is 9.78 Å². The van der Waals surface area contributed by atoms with Gasteiger partial charge in [-0.1, -0.05) is 23.7 Å². The van der Waals surface area contributed by atoms with Gasteiger partial charge in [-0.25, -0.2) is 4.39 Å². The molecule has 0 bridgehead atoms. The van der Waals surface area contributed by atoms with Gasteiger partial charge in [-0.15, -0.1) is 0 Å². The van der Waals surface area contributed by atoms with Gasteiger partial charge < -0.3 is 15.4 Å². The zero-order valence-corrected chi connectivity index (χ0v) is 16.7. The van der Waals surface area contributed by atoms with Crippen LogP contribution in [0.3, 0.4) is 0 Å². The van der Waals surface area contributed by atoms with Gasteiger partial charge >= 0.3 is 6.61 Å². The fraction of sp³-hybridized carbons (Fsp3) is 0.158. The van der Waals surface area contributed by atoms with Gasteiger partial charge in [0.05, 0.1) is 12.2 Å². The van der Waals surface area contributed by atoms with Crippen LogP contribution in [-0.4, -0.2) is 21.5 Å². The van der Waals surface area contributed by atoms with Crippen LogP contribution in [-0.2, 0) is 6.54 Å². The van der Waals surface area contributed by atoms with Crippen molar-refractivity contribution >= 4 is 40.4 Å². The third kappa shape index (κ3) is 5.61. The Morgan fingerprint density at radius 2 is 2.03 bits per heavy atom. The van der Waals surface area contributed by atoms with E-state index in [0.29, 0.717) is 22.1 Å². The average Bonchev–Trinajstić information content (AvgIpc) is 3.07. The smallest absolute Gasteiger partial charge is 0.387 e. The second-order valence-electron chi connectivity index (χ2n) is 6.06. The maximum absolute atomic E-state index is 13.9. The second kappa shape index (κ2) is 9.15. The third-order valence-electron chi connectivity index (χ3n) is 3.86. The fourth-order valence-electron chi connectivity index (χ4n) is 2.57. The predicted octanol–water partition coefficient (Wildman–Crippen LogP) is 5.44. The first-order valence-electron chi connectivity index (χ1n) is 8.41. The quantitative estimate of drug-likeness (QED) is 0.500. The summed E-state index contributed by atoms with van der Waals surface area (Å²) in [5, 5.41) is 10.4. The van der Waals surface area contributed by atoms with Crippen molar-refractivity contribution < 1.29 is 17.9 Å². The normalized spacial score (nSPS) is 10.8. The molecule has 0 radical (unpaired) electrons. The molecule has 0 amide bonds. The topological polar surface area (TPSA) is 51.1 Å². The molecule has 0 saturated heterocycles. The summed E-state index contributed by atoms with van der Waals surface area (Å²) in [5.41, 5.74) is 1.45. The summed E-state index contributed by atoms with van der Waals surface area (Å²) >= 11 is 11.3. The lowest BCUT2D eigenvalue weighted by Crippen LogP contribution is -2.20. The molecule has 3 aromatic rings. The number of thiocarbonyl (C=S) groups is 1. The Bertz CT molecular complexity index is 1010. The SMILES string of the molecule is Cc1ccc(OC(F)F)c(NC(=S)Nc2ccn(Cc3c(F)cccc3Cl)n2)c1. The van der Waals surface area contributed by atoms with Gasteiger partial charge in [0.1, 0.15) is 11.6 Å². The van der Waals surface area contributed by atoms with Gasteiger partial charge in [0.25, 0.3) is 0 Å². The van der Waals surface area contributed by atoms with E-state index in [1.165, 1.54) is 22.9 Å². The summed E-state index contributed by atoms with van der Waals surface area (Å²) in [6, 6.07) is 10.8. The molecular formula is C19H16ClF3N4OS. The number of aryl methyl sites for hydroxylation is 1. The van der Waals surface area contributed by atoms with Crippen molar-refractivity contribution in [3.8, 4) is 5.75 Å². The van der Waals surface area contributed by atoms with Crippen molar-refractivity contribution in [2.45, 2.75) is 20.1 Å². The molecule has 0 atom stereocenters. The van der Waals surface area contributed by atoms with E-state index in [-0.39, 0.29) is 17.4 Å². The van der Waals surface area contributed by atoms with Crippen LogP contribution >= 0.6 is 23.8 Å². The number of ether oxygens (including phenoxy) is 1. The van der Waals surface area contributed by atoms with Crippen molar-refractivity contribution in [3.63, 3.8) is 0 Å². The molecule has 0 aliphatic rings. The molecule has 0 saturated carbocycles. The molecular weight excluding hydrogens is 425 g/mol. The van der Waals surface area contributed by atoms with Crippen LogP contribution in [0.1, 0.15) is 11.1 Å². The molecule has 0 aliphatic heterocycles. The Hall–Kier alpha value is -2.78. The minimum Gasteiger partial charge on any atom is -0.433 e. The predicted molar refractivity (Wildman–Crippen MR) is 110 cm³/mol. The van der Waals surface area contributed by atoms with Crippen LogP contribution in [0, 0.1) is 12.7 Å². The lowest BCUT2D eigenvalue weighted by atomic mass is 10.2. The Morgan fingerprint density at radius 3 is 2.76 bits per heavy atom. The molecule has 1 heterocycles. The van der Waals surface area contributed by atoms with E-state index in [9.17, 15) is 13.2 Å². The summed E-state index contributed by atoms with van der Waals surface area (Å²) < 4.78 is 45.1. The maximum atomic E-state index is 13.9. The van der Waals surface area contributed by atoms with E-state index in [1.54, 1.807) is 30.5 Å². The molecule has 2 N–H and O–H groups in total. The molecule has 10 heteroatoms. The van der Waals surface area contributed by atoms with Gasteiger partial charge in [0, 0.05) is 22.8 Å². The van der Waals surface area contributed by atoms with Crippen LogP contribution < -0.4 is 15.4 Å². The summed E-state index contributed by atoms with van der Waals surface area (Å²) in [4.78, 5) is 0. The maximum Gasteiger partial charge on any atom is 0.387 e. The monoisotopic (exact) mass is 440 g/mol. The van der Waals surface area contributed by atoms with Gasteiger partial charge in [0.15, 0.2) is 10.9 Å². The highest BCUT2D eigenvalue weighted by molar-refractivity contribution is 7.80. The van der Waals surface area contributed by atoms with Crippen LogP contribution in [0.5, 0.6) is 5.75 Å². The number of hydrogen-bond acceptors (Lipinski definition) is 3. The molecule has 29 heavy (non-hydrogen) atoms. The van der Waals surface area contributed by atoms with Crippen LogP contribution in [0.25, 0.3) is 0 Å². The fourth-order valence-corrected chi connectivity index (χ4v) is 3.01. The molecule has 0 unspecified atom stereocenters. The van der Waals surface area contributed by atoms with E-state index in [2.05, 4.69) is 20.5 Å². The highest BCUT2D eigenvalue weighted by atomic mass is 35.5. The van der Waals surface area contributed by atoms with Gasteiger partial charge in [-0.2, -0.15) is 13.9 Å². The Balaban J connectivity index is 1.67. The Labute approximate surface area is 175 Å². The number of alkyl halides is 2. The Morgan fingerprint density at radius 1 is 1.24 bits per heavy atom. The number of halogens is 4. The Kier molecular flexibility index (Phi) is 6.60. The number of benzene rings is 2. The summed E-state index contributed by atoms with van der Waals surface area (Å²) in [7, 11) is 0. The molecule has 152 valence electrons. The lowest BCUT2D eigenvalue weighted by molar-refractivity contribution is -0.0493. The number of nitrogens with one attached hydrogen (secondary N) is 2. The average molecular weight is 441 g/mol. The van der Waals surface area contributed by atoms with Gasteiger partial charge in [-0.3, -0.25) is 4.68 Å². The highest BCUT2D eigenvalue weighted by Gasteiger charge is 2.12. The first-order chi connectivity index (χ1) is 13.8. The van der Waals surface area contributed by atoms with E-state index in [0.717, 1.165) is 5.56 Å². The molecule has 5 nitrogen and oxygen atoms in total. The standard InChI is InChI=1S/C19H16ClF3N4OS/c1-11-5-6-16(28-18(22)23)15(9-11)24-19(29)25-17-7-8-27(26-17)10-12-13(20)3-2-4-14(12)21/h2-9,18H,10H2,1H3,(H2,24,25,26,29). The largest absolute Gasteiger partial charge is 0.433 e. The van der Waals surface area contributed by atoms with Crippen molar-refractivity contribution in [2.75, 3.05) is 10.6 Å². The minimum atomic E-state index is -2.96. The zero-order valence-electron chi connectivity index (χ0n) is 15.1. The number of anilines is 2. The first-order valence-corrected chi connectivity index (χ1v) is 9.20. The lowest BCUT2D eigenvalue weighted by Gasteiger charge is -2.14. The van der Waals surface area contributed by atoms with Gasteiger partial charge in [-0.05, 0) is 49.0 Å². The van der Waals surface area contributed by atoms with Crippen molar-refractivity contribution in [1.29, 1.82) is 0 Å². The number of hydrogen-bond donors (Lipinski definition) is 2. The van der Waals surface area contributed by atoms with E-state index in [4.69, 9.17) is 23.8 Å². The van der Waals surface area contributed by atoms with E-state index >= 15 is 0 Å². The van der Waals surface area contributed by atoms with E-state index < -0.39 is 12.4 Å². The molecule has 0 spiro atoms. The molecule has 2 aromatic carbocycles. The zero-order chi connectivity index (χ0) is 21.0. The summed E-state index contributed by atoms with van der Waals surface area (Å²) in [5.74, 6) is -0.0703. The molecule has 1 aromatic heterocycles. The third-order valence-corrected chi connectivity index (χ3v) is 4.42. The minimum absolute atomic E-state index is 0.0329. The summed E-state index contributed by atoms with van der Waals surface area (Å²) in [6.07, 6.45) is 1.63. The highest BCUT2D eigenvalue weighted by Crippen LogP contribution is 2.27. The van der Waals surface area contributed by atoms with E-state index in [1.807, 2.05) is 6.92 Å². The molecule has 3 rings (SSSR count). The second-order valence-corrected chi connectivity index (χ2v) is 6.87. The van der Waals surface area contributed by atoms with Crippen molar-refractivity contribution in [3.05, 3.63) is 70.6 Å². The van der Waals surface area contributed by atoms with Crippen LogP contribution in [0.15, 0.2) is 48.7 Å². The van der Waals surface area contributed by atoms with Crippen LogP contribution in [0.2, 0.25) is 5.02 Å². The van der Waals surface area contributed by atoms with Gasteiger partial charge in [0.2, 0.25) is 0 Å². The number of rotatable bonds is 6. The molecule has 0 aliphatic carbocycles. The van der Waals surface area contributed by atoms with Crippen molar-refractivity contribution in [2.24, 2.45) is 0 Å².